The predicted octanol–water partition coefficient (Wildman–Crippen LogP) is 1.12. The number of hydrogen-bond donors (Lipinski definition) is 0. The van der Waals surface area contributed by atoms with Gasteiger partial charge in [-0.15, -0.1) is 0 Å². The predicted molar refractivity (Wildman–Crippen MR) is 47.6 cm³/mol. The molecule has 0 aliphatic carbocycles. The minimum Gasteiger partial charge on any atom is -0.373 e. The summed E-state index contributed by atoms with van der Waals surface area (Å²) in [6.07, 6.45) is 7.74. The van der Waals surface area contributed by atoms with Gasteiger partial charge in [-0.05, 0) is 6.42 Å². The number of rotatable bonds is 6. The van der Waals surface area contributed by atoms with E-state index in [1.165, 1.54) is 48.4 Å². The fraction of sp³-hybridized carbons (Fsp3) is 1.00. The summed E-state index contributed by atoms with van der Waals surface area (Å²) in [7, 11) is 1.39. The first-order valence-corrected chi connectivity index (χ1v) is 5.96. The van der Waals surface area contributed by atoms with Crippen molar-refractivity contribution in [2.45, 2.75) is 44.3 Å². The number of unbranched alkanes of at least 4 members (excludes halogenated alkanes) is 3. The lowest BCUT2D eigenvalue weighted by molar-refractivity contribution is 0.388. The number of ether oxygens (including phenoxy) is 1. The van der Waals surface area contributed by atoms with E-state index in [2.05, 4.69) is 0 Å². The van der Waals surface area contributed by atoms with Crippen LogP contribution in [0.3, 0.4) is 0 Å². The fourth-order valence-electron chi connectivity index (χ4n) is 1.21. The molecule has 10 heavy (non-hydrogen) atoms. The Kier molecular flexibility index (Phi) is 4.06. The Labute approximate surface area is 66.6 Å². The summed E-state index contributed by atoms with van der Waals surface area (Å²) in [5.74, 6) is 0. The highest BCUT2D eigenvalue weighted by Crippen LogP contribution is 2.17. The lowest BCUT2D eigenvalue weighted by atomic mass is 10.1. The molecule has 1 heterocycles. The van der Waals surface area contributed by atoms with Gasteiger partial charge in [0.1, 0.15) is 0 Å². The van der Waals surface area contributed by atoms with Gasteiger partial charge in [0.05, 0.1) is 12.7 Å². The molecule has 1 fully saturated rings. The van der Waals surface area contributed by atoms with Crippen LogP contribution in [-0.2, 0) is 4.74 Å². The maximum Gasteiger partial charge on any atom is 0.0810 e. The monoisotopic (exact) mass is 158 g/mol. The van der Waals surface area contributed by atoms with Gasteiger partial charge in [0.2, 0.25) is 0 Å². The molecule has 1 saturated heterocycles. The van der Waals surface area contributed by atoms with Crippen molar-refractivity contribution >= 4 is 10.2 Å². The van der Waals surface area contributed by atoms with Crippen LogP contribution in [0, 0.1) is 0 Å². The third-order valence-electron chi connectivity index (χ3n) is 2.03. The lowest BCUT2D eigenvalue weighted by Gasteiger charge is -1.96. The third kappa shape index (κ3) is 4.07. The van der Waals surface area contributed by atoms with Gasteiger partial charge in [0.25, 0.3) is 0 Å². The van der Waals surface area contributed by atoms with E-state index >= 15 is 0 Å². The molecule has 1 nitrogen and oxygen atoms in total. The topological polar surface area (TPSA) is 12.5 Å². The second-order valence-corrected chi connectivity index (χ2v) is 4.16. The van der Waals surface area contributed by atoms with E-state index in [0.29, 0.717) is 6.10 Å². The molecule has 1 rings (SSSR count). The number of epoxide rings is 1. The number of hydrogen-bond acceptors (Lipinski definition) is 1. The Morgan fingerprint density at radius 1 is 1.20 bits per heavy atom. The van der Waals surface area contributed by atoms with Crippen molar-refractivity contribution in [2.75, 3.05) is 6.61 Å². The molecule has 0 N–H and O–H groups in total. The van der Waals surface area contributed by atoms with Crippen LogP contribution in [0.25, 0.3) is 0 Å². The van der Waals surface area contributed by atoms with Crippen molar-refractivity contribution in [3.05, 3.63) is 0 Å². The molecule has 60 valence electrons. The second kappa shape index (κ2) is 4.91. The molecule has 1 atom stereocenters. The van der Waals surface area contributed by atoms with Gasteiger partial charge >= 0.3 is 0 Å². The minimum atomic E-state index is 0.663. The molecule has 1 aliphatic heterocycles. The maximum absolute atomic E-state index is 5.12. The first-order chi connectivity index (χ1) is 4.93. The van der Waals surface area contributed by atoms with E-state index in [0.717, 1.165) is 6.61 Å². The molecule has 0 amide bonds. The SMILES string of the molecule is [SiH3]CCCCCCC1CO1. The van der Waals surface area contributed by atoms with E-state index < -0.39 is 0 Å². The smallest absolute Gasteiger partial charge is 0.0810 e. The van der Waals surface area contributed by atoms with E-state index in [4.69, 9.17) is 4.74 Å². The molecule has 0 saturated carbocycles. The van der Waals surface area contributed by atoms with Gasteiger partial charge in [0.15, 0.2) is 0 Å². The molecule has 0 aromatic carbocycles. The van der Waals surface area contributed by atoms with Crippen LogP contribution in [0.15, 0.2) is 0 Å². The largest absolute Gasteiger partial charge is 0.373 e. The normalized spacial score (nSPS) is 23.4. The zero-order valence-corrected chi connectivity index (χ0v) is 8.94. The van der Waals surface area contributed by atoms with Crippen LogP contribution >= 0.6 is 0 Å². The van der Waals surface area contributed by atoms with Gasteiger partial charge in [-0.1, -0.05) is 31.7 Å². The Balaban J connectivity index is 1.68. The highest BCUT2D eigenvalue weighted by molar-refractivity contribution is 6.08. The zero-order valence-electron chi connectivity index (χ0n) is 6.94. The molecule has 2 heteroatoms. The van der Waals surface area contributed by atoms with Crippen LogP contribution in [0.2, 0.25) is 6.04 Å². The lowest BCUT2D eigenvalue weighted by Crippen LogP contribution is -1.85. The summed E-state index contributed by atoms with van der Waals surface area (Å²) >= 11 is 0. The summed E-state index contributed by atoms with van der Waals surface area (Å²) in [5.41, 5.74) is 0. The van der Waals surface area contributed by atoms with Gasteiger partial charge in [-0.2, -0.15) is 0 Å². The first kappa shape index (κ1) is 8.28. The molecule has 0 aromatic heterocycles. The molecule has 0 radical (unpaired) electrons. The fourth-order valence-corrected chi connectivity index (χ4v) is 1.71. The van der Waals surface area contributed by atoms with Crippen LogP contribution in [0.4, 0.5) is 0 Å². The molecule has 0 bridgehead atoms. The summed E-state index contributed by atoms with van der Waals surface area (Å²) in [5, 5.41) is 0. The average molecular weight is 158 g/mol. The third-order valence-corrected chi connectivity index (χ3v) is 2.74. The standard InChI is InChI=1S/C8H18OSi/c10-6-4-2-1-3-5-8-7-9-8/h8H,1-7H2,10H3. The zero-order chi connectivity index (χ0) is 7.23. The van der Waals surface area contributed by atoms with Gasteiger partial charge in [-0.3, -0.25) is 0 Å². The summed E-state index contributed by atoms with van der Waals surface area (Å²) < 4.78 is 5.12. The van der Waals surface area contributed by atoms with E-state index in [-0.39, 0.29) is 0 Å². The first-order valence-electron chi connectivity index (χ1n) is 4.55. The highest BCUT2D eigenvalue weighted by Gasteiger charge is 2.20. The molecule has 0 spiro atoms. The summed E-state index contributed by atoms with van der Waals surface area (Å²) in [6.45, 7) is 1.04. The van der Waals surface area contributed by atoms with Crippen molar-refractivity contribution in [1.29, 1.82) is 0 Å². The molecule has 0 aromatic rings. The minimum absolute atomic E-state index is 0.663. The van der Waals surface area contributed by atoms with Gasteiger partial charge in [-0.25, -0.2) is 0 Å². The Hall–Kier alpha value is 0.177. The molecular weight excluding hydrogens is 140 g/mol. The van der Waals surface area contributed by atoms with Crippen LogP contribution in [0.1, 0.15) is 32.1 Å². The Morgan fingerprint density at radius 2 is 1.90 bits per heavy atom. The Bertz CT molecular complexity index is 81.3. The van der Waals surface area contributed by atoms with E-state index in [9.17, 15) is 0 Å². The van der Waals surface area contributed by atoms with E-state index in [1.807, 2.05) is 0 Å². The van der Waals surface area contributed by atoms with Crippen LogP contribution < -0.4 is 0 Å². The van der Waals surface area contributed by atoms with Crippen LogP contribution in [0.5, 0.6) is 0 Å². The average Bonchev–Trinajstić information content (AvgIpc) is 2.71. The summed E-state index contributed by atoms with van der Waals surface area (Å²) in [6, 6.07) is 1.49. The van der Waals surface area contributed by atoms with Gasteiger partial charge in [0, 0.05) is 10.2 Å². The van der Waals surface area contributed by atoms with Crippen LogP contribution in [-0.4, -0.2) is 23.0 Å². The maximum atomic E-state index is 5.12. The van der Waals surface area contributed by atoms with Crippen molar-refractivity contribution < 1.29 is 4.74 Å². The van der Waals surface area contributed by atoms with Crippen molar-refractivity contribution in [3.63, 3.8) is 0 Å². The molecule has 1 aliphatic rings. The van der Waals surface area contributed by atoms with Crippen molar-refractivity contribution in [1.82, 2.24) is 0 Å². The van der Waals surface area contributed by atoms with Crippen molar-refractivity contribution in [2.24, 2.45) is 0 Å². The Morgan fingerprint density at radius 3 is 2.50 bits per heavy atom. The quantitative estimate of drug-likeness (QED) is 0.321. The van der Waals surface area contributed by atoms with Crippen molar-refractivity contribution in [3.8, 4) is 0 Å². The summed E-state index contributed by atoms with van der Waals surface area (Å²) in [4.78, 5) is 0. The molecular formula is C8H18OSi. The molecule has 1 unspecified atom stereocenters. The van der Waals surface area contributed by atoms with E-state index in [1.54, 1.807) is 0 Å². The highest BCUT2D eigenvalue weighted by atomic mass is 28.1. The van der Waals surface area contributed by atoms with Gasteiger partial charge < -0.3 is 4.74 Å². The second-order valence-electron chi connectivity index (χ2n) is 3.16.